The SMILES string of the molecule is COc1cc(/C(C)=N/NC(=O)COc2cc(C)ccc2C)cc(OC)c1OC. The molecule has 1 amide bonds. The van der Waals surface area contributed by atoms with Gasteiger partial charge in [-0.05, 0) is 50.1 Å². The Hall–Kier alpha value is -3.22. The summed E-state index contributed by atoms with van der Waals surface area (Å²) in [6.45, 7) is 5.54. The zero-order valence-electron chi connectivity index (χ0n) is 17.1. The molecule has 2 aromatic rings. The van der Waals surface area contributed by atoms with Gasteiger partial charge in [0.05, 0.1) is 27.0 Å². The van der Waals surface area contributed by atoms with Gasteiger partial charge in [-0.15, -0.1) is 0 Å². The van der Waals surface area contributed by atoms with Gasteiger partial charge in [0.2, 0.25) is 5.75 Å². The molecule has 150 valence electrons. The summed E-state index contributed by atoms with van der Waals surface area (Å²) in [6, 6.07) is 9.37. The smallest absolute Gasteiger partial charge is 0.277 e. The fourth-order valence-electron chi connectivity index (χ4n) is 2.54. The summed E-state index contributed by atoms with van der Waals surface area (Å²) in [5, 5.41) is 4.14. The average Bonchev–Trinajstić information content (AvgIpc) is 2.71. The molecule has 0 saturated carbocycles. The predicted molar refractivity (Wildman–Crippen MR) is 108 cm³/mol. The van der Waals surface area contributed by atoms with E-state index >= 15 is 0 Å². The van der Waals surface area contributed by atoms with Crippen molar-refractivity contribution in [1.29, 1.82) is 0 Å². The monoisotopic (exact) mass is 386 g/mol. The van der Waals surface area contributed by atoms with Gasteiger partial charge in [-0.3, -0.25) is 4.79 Å². The molecule has 0 bridgehead atoms. The molecule has 1 N–H and O–H groups in total. The topological polar surface area (TPSA) is 78.4 Å². The highest BCUT2D eigenvalue weighted by molar-refractivity contribution is 6.00. The van der Waals surface area contributed by atoms with Crippen LogP contribution in [0.4, 0.5) is 0 Å². The maximum absolute atomic E-state index is 12.1. The van der Waals surface area contributed by atoms with Crippen LogP contribution < -0.4 is 24.4 Å². The number of carbonyl (C=O) groups excluding carboxylic acids is 1. The Morgan fingerprint density at radius 1 is 0.964 bits per heavy atom. The van der Waals surface area contributed by atoms with E-state index in [0.29, 0.717) is 28.7 Å². The first-order valence-electron chi connectivity index (χ1n) is 8.73. The van der Waals surface area contributed by atoms with Crippen LogP contribution in [0.25, 0.3) is 0 Å². The molecule has 0 aliphatic rings. The zero-order chi connectivity index (χ0) is 20.7. The Morgan fingerprint density at radius 3 is 2.18 bits per heavy atom. The van der Waals surface area contributed by atoms with Crippen LogP contribution >= 0.6 is 0 Å². The standard InChI is InChI=1S/C21H26N2O5/c1-13-7-8-14(2)17(9-13)28-12-20(24)23-22-15(3)16-10-18(25-4)21(27-6)19(11-16)26-5/h7-11H,12H2,1-6H3,(H,23,24)/b22-15+. The van der Waals surface area contributed by atoms with Crippen LogP contribution in [0, 0.1) is 13.8 Å². The van der Waals surface area contributed by atoms with Crippen molar-refractivity contribution < 1.29 is 23.7 Å². The van der Waals surface area contributed by atoms with Gasteiger partial charge in [0.1, 0.15) is 5.75 Å². The lowest BCUT2D eigenvalue weighted by Crippen LogP contribution is -2.25. The maximum atomic E-state index is 12.1. The number of methoxy groups -OCH3 is 3. The highest BCUT2D eigenvalue weighted by Crippen LogP contribution is 2.38. The number of hydrazone groups is 1. The van der Waals surface area contributed by atoms with Crippen molar-refractivity contribution in [2.24, 2.45) is 5.10 Å². The van der Waals surface area contributed by atoms with E-state index in [1.165, 1.54) is 7.11 Å². The molecular formula is C21H26N2O5. The van der Waals surface area contributed by atoms with Crippen molar-refractivity contribution in [3.63, 3.8) is 0 Å². The van der Waals surface area contributed by atoms with Crippen LogP contribution in [0.5, 0.6) is 23.0 Å². The van der Waals surface area contributed by atoms with E-state index < -0.39 is 0 Å². The van der Waals surface area contributed by atoms with Crippen LogP contribution in [0.1, 0.15) is 23.6 Å². The Balaban J connectivity index is 2.07. The Bertz CT molecular complexity index is 852. The van der Waals surface area contributed by atoms with Gasteiger partial charge in [0.25, 0.3) is 5.91 Å². The molecule has 0 spiro atoms. The number of ether oxygens (including phenoxy) is 4. The number of rotatable bonds is 8. The molecule has 0 aromatic heterocycles. The highest BCUT2D eigenvalue weighted by atomic mass is 16.5. The third-order valence-corrected chi connectivity index (χ3v) is 4.13. The Labute approximate surface area is 165 Å². The molecule has 7 nitrogen and oxygen atoms in total. The van der Waals surface area contributed by atoms with Crippen molar-refractivity contribution in [2.45, 2.75) is 20.8 Å². The highest BCUT2D eigenvalue weighted by Gasteiger charge is 2.14. The minimum Gasteiger partial charge on any atom is -0.493 e. The number of hydrogen-bond acceptors (Lipinski definition) is 6. The third kappa shape index (κ3) is 5.16. The number of nitrogens with zero attached hydrogens (tertiary/aromatic N) is 1. The molecule has 0 aliphatic carbocycles. The van der Waals surface area contributed by atoms with Crippen LogP contribution in [-0.2, 0) is 4.79 Å². The number of carbonyl (C=O) groups is 1. The lowest BCUT2D eigenvalue weighted by Gasteiger charge is -2.14. The van der Waals surface area contributed by atoms with E-state index in [1.807, 2.05) is 32.0 Å². The predicted octanol–water partition coefficient (Wildman–Crippen LogP) is 3.25. The zero-order valence-corrected chi connectivity index (χ0v) is 17.1. The molecule has 28 heavy (non-hydrogen) atoms. The number of benzene rings is 2. The number of aryl methyl sites for hydroxylation is 2. The average molecular weight is 386 g/mol. The number of hydrogen-bond donors (Lipinski definition) is 1. The van der Waals surface area contributed by atoms with Crippen molar-refractivity contribution in [3.05, 3.63) is 47.0 Å². The van der Waals surface area contributed by atoms with Crippen LogP contribution in [0.2, 0.25) is 0 Å². The second-order valence-corrected chi connectivity index (χ2v) is 6.20. The van der Waals surface area contributed by atoms with Gasteiger partial charge < -0.3 is 18.9 Å². The van der Waals surface area contributed by atoms with Gasteiger partial charge in [0, 0.05) is 5.56 Å². The molecule has 0 fully saturated rings. The van der Waals surface area contributed by atoms with Gasteiger partial charge >= 0.3 is 0 Å². The molecule has 2 rings (SSSR count). The van der Waals surface area contributed by atoms with E-state index in [0.717, 1.165) is 16.7 Å². The maximum Gasteiger partial charge on any atom is 0.277 e. The number of amides is 1. The first-order valence-corrected chi connectivity index (χ1v) is 8.73. The summed E-state index contributed by atoms with van der Waals surface area (Å²) in [5.74, 6) is 1.84. The molecule has 0 atom stereocenters. The number of nitrogens with one attached hydrogen (secondary N) is 1. The van der Waals surface area contributed by atoms with E-state index in [9.17, 15) is 4.79 Å². The van der Waals surface area contributed by atoms with Crippen LogP contribution in [-0.4, -0.2) is 39.6 Å². The first kappa shape index (κ1) is 21.1. The van der Waals surface area contributed by atoms with E-state index in [1.54, 1.807) is 33.3 Å². The van der Waals surface area contributed by atoms with Gasteiger partial charge in [-0.2, -0.15) is 5.10 Å². The van der Waals surface area contributed by atoms with E-state index in [-0.39, 0.29) is 12.5 Å². The largest absolute Gasteiger partial charge is 0.493 e. The summed E-state index contributed by atoms with van der Waals surface area (Å²) < 4.78 is 21.6. The third-order valence-electron chi connectivity index (χ3n) is 4.13. The van der Waals surface area contributed by atoms with Crippen molar-refractivity contribution in [3.8, 4) is 23.0 Å². The lowest BCUT2D eigenvalue weighted by molar-refractivity contribution is -0.123. The summed E-state index contributed by atoms with van der Waals surface area (Å²) in [7, 11) is 4.62. The molecule has 0 unspecified atom stereocenters. The summed E-state index contributed by atoms with van der Waals surface area (Å²) in [6.07, 6.45) is 0. The first-order chi connectivity index (χ1) is 13.4. The van der Waals surface area contributed by atoms with Gasteiger partial charge in [-0.25, -0.2) is 5.43 Å². The minimum absolute atomic E-state index is 0.129. The second kappa shape index (κ2) is 9.64. The van der Waals surface area contributed by atoms with Crippen LogP contribution in [0.3, 0.4) is 0 Å². The summed E-state index contributed by atoms with van der Waals surface area (Å²) in [4.78, 5) is 12.1. The fourth-order valence-corrected chi connectivity index (χ4v) is 2.54. The van der Waals surface area contributed by atoms with Crippen molar-refractivity contribution in [1.82, 2.24) is 5.43 Å². The molecule has 7 heteroatoms. The molecule has 2 aromatic carbocycles. The normalized spacial score (nSPS) is 11.0. The van der Waals surface area contributed by atoms with Crippen LogP contribution in [0.15, 0.2) is 35.4 Å². The minimum atomic E-state index is -0.354. The van der Waals surface area contributed by atoms with Crippen molar-refractivity contribution in [2.75, 3.05) is 27.9 Å². The fraction of sp³-hybridized carbons (Fsp3) is 0.333. The molecule has 0 aliphatic heterocycles. The molecule has 0 heterocycles. The Kier molecular flexibility index (Phi) is 7.26. The summed E-state index contributed by atoms with van der Waals surface area (Å²) >= 11 is 0. The van der Waals surface area contributed by atoms with E-state index in [2.05, 4.69) is 10.5 Å². The lowest BCUT2D eigenvalue weighted by atomic mass is 10.1. The molecular weight excluding hydrogens is 360 g/mol. The van der Waals surface area contributed by atoms with E-state index in [4.69, 9.17) is 18.9 Å². The summed E-state index contributed by atoms with van der Waals surface area (Å²) in [5.41, 5.74) is 5.84. The van der Waals surface area contributed by atoms with Gasteiger partial charge in [-0.1, -0.05) is 12.1 Å². The Morgan fingerprint density at radius 2 is 1.61 bits per heavy atom. The quantitative estimate of drug-likeness (QED) is 0.557. The van der Waals surface area contributed by atoms with Crippen molar-refractivity contribution >= 4 is 11.6 Å². The second-order valence-electron chi connectivity index (χ2n) is 6.20. The molecule has 0 saturated heterocycles. The van der Waals surface area contributed by atoms with Gasteiger partial charge in [0.15, 0.2) is 18.1 Å². The molecule has 0 radical (unpaired) electrons.